The second kappa shape index (κ2) is 9.51. The minimum Gasteiger partial charge on any atom is -0.348 e. The van der Waals surface area contributed by atoms with Crippen LogP contribution in [0.4, 0.5) is 10.1 Å². The topological polar surface area (TPSA) is 61.4 Å². The van der Waals surface area contributed by atoms with E-state index in [2.05, 4.69) is 22.5 Å². The first-order valence-corrected chi connectivity index (χ1v) is 9.03. The molecule has 5 nitrogen and oxygen atoms in total. The third kappa shape index (κ3) is 6.46. The van der Waals surface area contributed by atoms with Gasteiger partial charge in [0.1, 0.15) is 5.82 Å². The smallest absolute Gasteiger partial charge is 0.313 e. The van der Waals surface area contributed by atoms with Crippen LogP contribution in [0.15, 0.2) is 18.2 Å². The Morgan fingerprint density at radius 2 is 2.08 bits per heavy atom. The molecule has 2 amide bonds. The maximum Gasteiger partial charge on any atom is 0.313 e. The molecule has 0 radical (unpaired) electrons. The number of rotatable bonds is 6. The summed E-state index contributed by atoms with van der Waals surface area (Å²) in [5.41, 5.74) is 0.771. The Morgan fingerprint density at radius 1 is 1.28 bits per heavy atom. The number of hydrogen-bond acceptors (Lipinski definition) is 3. The lowest BCUT2D eigenvalue weighted by molar-refractivity contribution is -0.136. The van der Waals surface area contributed by atoms with Gasteiger partial charge in [0.15, 0.2) is 0 Å². The third-order valence-electron chi connectivity index (χ3n) is 4.56. The molecule has 1 aromatic rings. The van der Waals surface area contributed by atoms with E-state index in [1.54, 1.807) is 19.1 Å². The van der Waals surface area contributed by atoms with E-state index in [0.717, 1.165) is 38.4 Å². The largest absolute Gasteiger partial charge is 0.348 e. The van der Waals surface area contributed by atoms with Crippen molar-refractivity contribution in [2.75, 3.05) is 31.5 Å². The molecule has 0 saturated carbocycles. The van der Waals surface area contributed by atoms with Gasteiger partial charge in [-0.1, -0.05) is 13.0 Å². The molecule has 1 fully saturated rings. The summed E-state index contributed by atoms with van der Waals surface area (Å²) in [6.07, 6.45) is 4.41. The Kier molecular flexibility index (Phi) is 7.37. The fraction of sp³-hybridized carbons (Fsp3) is 0.579. The molecule has 1 aliphatic rings. The average Bonchev–Trinajstić information content (AvgIpc) is 2.57. The second-order valence-electron chi connectivity index (χ2n) is 6.93. The molecule has 1 atom stereocenters. The number of halogens is 1. The molecule has 138 valence electrons. The van der Waals surface area contributed by atoms with Crippen LogP contribution >= 0.6 is 0 Å². The van der Waals surface area contributed by atoms with Crippen LogP contribution in [0.3, 0.4) is 0 Å². The number of nitrogens with zero attached hydrogens (tertiary/aromatic N) is 1. The summed E-state index contributed by atoms with van der Waals surface area (Å²) in [6, 6.07) is 4.34. The molecule has 0 aliphatic carbocycles. The average molecular weight is 349 g/mol. The minimum absolute atomic E-state index is 0.280. The fourth-order valence-corrected chi connectivity index (χ4v) is 3.09. The van der Waals surface area contributed by atoms with Crippen LogP contribution in [-0.2, 0) is 9.59 Å². The molecule has 1 unspecified atom stereocenters. The summed E-state index contributed by atoms with van der Waals surface area (Å²) in [4.78, 5) is 26.0. The number of carbonyl (C=O) groups excluding carboxylic acids is 2. The molecule has 2 rings (SSSR count). The van der Waals surface area contributed by atoms with Crippen molar-refractivity contribution in [1.29, 1.82) is 0 Å². The zero-order valence-corrected chi connectivity index (χ0v) is 15.1. The molecule has 6 heteroatoms. The maximum absolute atomic E-state index is 13.4. The van der Waals surface area contributed by atoms with E-state index in [-0.39, 0.29) is 5.69 Å². The van der Waals surface area contributed by atoms with E-state index in [0.29, 0.717) is 12.1 Å². The highest BCUT2D eigenvalue weighted by atomic mass is 19.1. The quantitative estimate of drug-likeness (QED) is 0.613. The Labute approximate surface area is 149 Å². The highest BCUT2D eigenvalue weighted by Gasteiger charge is 2.16. The first kappa shape index (κ1) is 19.4. The number of unbranched alkanes of at least 4 members (excludes halogenated alkanes) is 1. The van der Waals surface area contributed by atoms with Gasteiger partial charge in [0.25, 0.3) is 0 Å². The highest BCUT2D eigenvalue weighted by molar-refractivity contribution is 6.39. The summed E-state index contributed by atoms with van der Waals surface area (Å²) < 4.78 is 13.4. The van der Waals surface area contributed by atoms with Gasteiger partial charge < -0.3 is 15.5 Å². The molecule has 0 bridgehead atoms. The first-order valence-electron chi connectivity index (χ1n) is 9.03. The van der Waals surface area contributed by atoms with Crippen LogP contribution < -0.4 is 10.6 Å². The number of likely N-dealkylation sites (tertiary alicyclic amines) is 1. The highest BCUT2D eigenvalue weighted by Crippen LogP contribution is 2.15. The summed E-state index contributed by atoms with van der Waals surface area (Å²) in [5.74, 6) is -1.10. The molecule has 25 heavy (non-hydrogen) atoms. The van der Waals surface area contributed by atoms with Crippen molar-refractivity contribution in [1.82, 2.24) is 10.2 Å². The Morgan fingerprint density at radius 3 is 2.80 bits per heavy atom. The van der Waals surface area contributed by atoms with E-state index in [1.165, 1.54) is 18.9 Å². The monoisotopic (exact) mass is 349 g/mol. The molecular formula is C19H28FN3O2. The van der Waals surface area contributed by atoms with Gasteiger partial charge in [-0.2, -0.15) is 0 Å². The molecule has 0 aromatic heterocycles. The number of piperidine rings is 1. The first-order chi connectivity index (χ1) is 12.0. The number of carbonyl (C=O) groups is 2. The van der Waals surface area contributed by atoms with E-state index < -0.39 is 17.6 Å². The van der Waals surface area contributed by atoms with Crippen molar-refractivity contribution in [2.45, 2.75) is 39.5 Å². The van der Waals surface area contributed by atoms with Crippen LogP contribution in [0.5, 0.6) is 0 Å². The van der Waals surface area contributed by atoms with Crippen molar-refractivity contribution in [3.8, 4) is 0 Å². The number of aryl methyl sites for hydroxylation is 1. The van der Waals surface area contributed by atoms with Gasteiger partial charge in [-0.25, -0.2) is 4.39 Å². The lowest BCUT2D eigenvalue weighted by Gasteiger charge is -2.30. The summed E-state index contributed by atoms with van der Waals surface area (Å²) in [5, 5.41) is 5.02. The molecular weight excluding hydrogens is 321 g/mol. The zero-order valence-electron chi connectivity index (χ0n) is 15.1. The van der Waals surface area contributed by atoms with E-state index in [4.69, 9.17) is 0 Å². The predicted molar refractivity (Wildman–Crippen MR) is 96.8 cm³/mol. The van der Waals surface area contributed by atoms with E-state index >= 15 is 0 Å². The normalized spacial score (nSPS) is 18.0. The lowest BCUT2D eigenvalue weighted by atomic mass is 10.0. The number of benzene rings is 1. The standard InChI is InChI=1S/C19H28FN3O2/c1-14-6-5-11-23(13-14)10-4-3-9-21-18(24)19(25)22-16-8-7-15(2)17(20)12-16/h7-8,12,14H,3-6,9-11,13H2,1-2H3,(H,21,24)(H,22,25). The van der Waals surface area contributed by atoms with Crippen LogP contribution in [0.2, 0.25) is 0 Å². The summed E-state index contributed by atoms with van der Waals surface area (Å²) in [6.45, 7) is 7.74. The number of amides is 2. The Bertz CT molecular complexity index is 606. The van der Waals surface area contributed by atoms with Gasteiger partial charge in [0.2, 0.25) is 0 Å². The van der Waals surface area contributed by atoms with Gasteiger partial charge in [0.05, 0.1) is 0 Å². The van der Waals surface area contributed by atoms with E-state index in [1.807, 2.05) is 0 Å². The van der Waals surface area contributed by atoms with Crippen molar-refractivity contribution in [3.05, 3.63) is 29.6 Å². The molecule has 2 N–H and O–H groups in total. The minimum atomic E-state index is -0.770. The summed E-state index contributed by atoms with van der Waals surface area (Å²) >= 11 is 0. The van der Waals surface area contributed by atoms with Crippen LogP contribution in [0.25, 0.3) is 0 Å². The Hall–Kier alpha value is -1.95. The van der Waals surface area contributed by atoms with E-state index in [9.17, 15) is 14.0 Å². The zero-order chi connectivity index (χ0) is 18.2. The molecule has 1 saturated heterocycles. The number of hydrogen-bond donors (Lipinski definition) is 2. The lowest BCUT2D eigenvalue weighted by Crippen LogP contribution is -2.37. The van der Waals surface area contributed by atoms with Gasteiger partial charge in [-0.3, -0.25) is 9.59 Å². The van der Waals surface area contributed by atoms with Crippen LogP contribution in [-0.4, -0.2) is 42.9 Å². The van der Waals surface area contributed by atoms with Crippen molar-refractivity contribution < 1.29 is 14.0 Å². The van der Waals surface area contributed by atoms with Crippen molar-refractivity contribution >= 4 is 17.5 Å². The fourth-order valence-electron chi connectivity index (χ4n) is 3.09. The van der Waals surface area contributed by atoms with Crippen LogP contribution in [0.1, 0.15) is 38.2 Å². The van der Waals surface area contributed by atoms with Crippen molar-refractivity contribution in [2.24, 2.45) is 5.92 Å². The SMILES string of the molecule is Cc1ccc(NC(=O)C(=O)NCCCCN2CCCC(C)C2)cc1F. The molecule has 1 aromatic carbocycles. The molecule has 1 aliphatic heterocycles. The second-order valence-corrected chi connectivity index (χ2v) is 6.93. The number of nitrogens with one attached hydrogen (secondary N) is 2. The Balaban J connectivity index is 1.62. The summed E-state index contributed by atoms with van der Waals surface area (Å²) in [7, 11) is 0. The predicted octanol–water partition coefficient (Wildman–Crippen LogP) is 2.70. The molecule has 1 heterocycles. The van der Waals surface area contributed by atoms with Gasteiger partial charge >= 0.3 is 11.8 Å². The van der Waals surface area contributed by atoms with Crippen LogP contribution in [0, 0.1) is 18.7 Å². The van der Waals surface area contributed by atoms with Crippen molar-refractivity contribution in [3.63, 3.8) is 0 Å². The van der Waals surface area contributed by atoms with Gasteiger partial charge in [-0.05, 0) is 69.3 Å². The van der Waals surface area contributed by atoms with Gasteiger partial charge in [0, 0.05) is 18.8 Å². The number of anilines is 1. The van der Waals surface area contributed by atoms with Gasteiger partial charge in [-0.15, -0.1) is 0 Å². The maximum atomic E-state index is 13.4. The third-order valence-corrected chi connectivity index (χ3v) is 4.56. The molecule has 0 spiro atoms.